The molecule has 0 aliphatic carbocycles. The van der Waals surface area contributed by atoms with Crippen LogP contribution >= 0.6 is 0 Å². The molecule has 1 saturated heterocycles. The van der Waals surface area contributed by atoms with Gasteiger partial charge >= 0.3 is 0 Å². The number of hydrogen-bond donors (Lipinski definition) is 1. The van der Waals surface area contributed by atoms with Gasteiger partial charge in [-0.25, -0.2) is 8.42 Å². The van der Waals surface area contributed by atoms with Gasteiger partial charge in [-0.3, -0.25) is 9.59 Å². The van der Waals surface area contributed by atoms with Crippen LogP contribution in [0, 0.1) is 20.8 Å². The molecule has 0 bridgehead atoms. The molecule has 0 atom stereocenters. The zero-order valence-electron chi connectivity index (χ0n) is 18.2. The van der Waals surface area contributed by atoms with E-state index < -0.39 is 33.2 Å². The topological polar surface area (TPSA) is 86.8 Å². The molecule has 0 saturated carbocycles. The fraction of sp³-hybridized carbons (Fsp3) is 0.391. The first-order chi connectivity index (χ1) is 14.6. The maximum absolute atomic E-state index is 12.6. The van der Waals surface area contributed by atoms with E-state index >= 15 is 0 Å². The van der Waals surface area contributed by atoms with Crippen LogP contribution in [0.3, 0.4) is 0 Å². The van der Waals surface area contributed by atoms with Crippen molar-refractivity contribution in [2.24, 2.45) is 0 Å². The van der Waals surface area contributed by atoms with Gasteiger partial charge in [0.05, 0.1) is 0 Å². The largest absolute Gasteiger partial charge is 0.368 e. The van der Waals surface area contributed by atoms with Crippen LogP contribution in [0.1, 0.15) is 16.7 Å². The molecule has 1 aliphatic heterocycles. The molecule has 2 amide bonds. The third kappa shape index (κ3) is 6.07. The SMILES string of the molecule is Cc1ccc(NC(=O)CS(=O)(=O)CC(=O)N2CCN(c3cccc(C)c3C)CC2)cc1. The molecule has 31 heavy (non-hydrogen) atoms. The van der Waals surface area contributed by atoms with Crippen LogP contribution in [0.25, 0.3) is 0 Å². The van der Waals surface area contributed by atoms with Crippen LogP contribution < -0.4 is 10.2 Å². The summed E-state index contributed by atoms with van der Waals surface area (Å²) < 4.78 is 24.8. The number of aryl methyl sites for hydroxylation is 2. The molecule has 0 radical (unpaired) electrons. The second-order valence-corrected chi connectivity index (χ2v) is 10.1. The summed E-state index contributed by atoms with van der Waals surface area (Å²) in [5.41, 5.74) is 5.14. The van der Waals surface area contributed by atoms with E-state index in [2.05, 4.69) is 36.2 Å². The lowest BCUT2D eigenvalue weighted by Crippen LogP contribution is -2.50. The third-order valence-electron chi connectivity index (χ3n) is 5.58. The number of rotatable bonds is 6. The van der Waals surface area contributed by atoms with Gasteiger partial charge in [-0.2, -0.15) is 0 Å². The summed E-state index contributed by atoms with van der Waals surface area (Å²) in [6.07, 6.45) is 0. The van der Waals surface area contributed by atoms with Crippen LogP contribution in [0.2, 0.25) is 0 Å². The van der Waals surface area contributed by atoms with Crippen LogP contribution in [0.15, 0.2) is 42.5 Å². The summed E-state index contributed by atoms with van der Waals surface area (Å²) in [5, 5.41) is 2.56. The number of nitrogens with zero attached hydrogens (tertiary/aromatic N) is 2. The number of carbonyl (C=O) groups is 2. The van der Waals surface area contributed by atoms with Gasteiger partial charge in [0.15, 0.2) is 9.84 Å². The summed E-state index contributed by atoms with van der Waals surface area (Å²) in [7, 11) is -3.85. The van der Waals surface area contributed by atoms with Crippen molar-refractivity contribution in [1.82, 2.24) is 4.90 Å². The number of amides is 2. The standard InChI is InChI=1S/C23H29N3O4S/c1-17-7-9-20(10-8-17)24-22(27)15-31(29,30)16-23(28)26-13-11-25(12-14-26)21-6-4-5-18(2)19(21)3/h4-10H,11-16H2,1-3H3,(H,24,27). The fourth-order valence-corrected chi connectivity index (χ4v) is 4.77. The minimum absolute atomic E-state index is 0.455. The highest BCUT2D eigenvalue weighted by Crippen LogP contribution is 2.24. The molecule has 3 rings (SSSR count). The number of piperazine rings is 1. The molecule has 2 aromatic carbocycles. The van der Waals surface area contributed by atoms with Crippen molar-refractivity contribution in [3.8, 4) is 0 Å². The lowest BCUT2D eigenvalue weighted by Gasteiger charge is -2.37. The minimum atomic E-state index is -3.85. The smallest absolute Gasteiger partial charge is 0.239 e. The summed E-state index contributed by atoms with van der Waals surface area (Å²) in [4.78, 5) is 28.4. The van der Waals surface area contributed by atoms with E-state index in [0.717, 1.165) is 11.3 Å². The predicted molar refractivity (Wildman–Crippen MR) is 123 cm³/mol. The van der Waals surface area contributed by atoms with Gasteiger partial charge in [0, 0.05) is 37.6 Å². The average Bonchev–Trinajstić information content (AvgIpc) is 2.71. The molecule has 0 aromatic heterocycles. The molecule has 7 nitrogen and oxygen atoms in total. The number of carbonyl (C=O) groups excluding carboxylic acids is 2. The molecule has 1 heterocycles. The van der Waals surface area contributed by atoms with Gasteiger partial charge in [0.25, 0.3) is 0 Å². The van der Waals surface area contributed by atoms with Crippen molar-refractivity contribution in [2.75, 3.05) is 47.9 Å². The highest BCUT2D eigenvalue weighted by Gasteiger charge is 2.27. The second-order valence-electron chi connectivity index (χ2n) is 8.03. The van der Waals surface area contributed by atoms with E-state index in [1.165, 1.54) is 11.1 Å². The summed E-state index contributed by atoms with van der Waals surface area (Å²) >= 11 is 0. The van der Waals surface area contributed by atoms with Crippen LogP contribution in [-0.4, -0.2) is 62.8 Å². The van der Waals surface area contributed by atoms with Gasteiger partial charge in [0.1, 0.15) is 11.5 Å². The molecule has 1 N–H and O–H groups in total. The van der Waals surface area contributed by atoms with Gasteiger partial charge in [-0.1, -0.05) is 29.8 Å². The van der Waals surface area contributed by atoms with Crippen LogP contribution in [-0.2, 0) is 19.4 Å². The first kappa shape index (κ1) is 22.8. The Hall–Kier alpha value is -2.87. The van der Waals surface area contributed by atoms with Gasteiger partial charge in [0.2, 0.25) is 11.8 Å². The lowest BCUT2D eigenvalue weighted by atomic mass is 10.1. The van der Waals surface area contributed by atoms with Crippen molar-refractivity contribution in [2.45, 2.75) is 20.8 Å². The molecule has 1 aliphatic rings. The number of hydrogen-bond acceptors (Lipinski definition) is 5. The predicted octanol–water partition coefficient (Wildman–Crippen LogP) is 2.31. The number of benzene rings is 2. The Morgan fingerprint density at radius 2 is 1.55 bits per heavy atom. The maximum Gasteiger partial charge on any atom is 0.239 e. The van der Waals surface area contributed by atoms with E-state index in [1.807, 2.05) is 25.1 Å². The van der Waals surface area contributed by atoms with E-state index in [4.69, 9.17) is 0 Å². The average molecular weight is 444 g/mol. The lowest BCUT2D eigenvalue weighted by molar-refractivity contribution is -0.128. The summed E-state index contributed by atoms with van der Waals surface area (Å²) in [6.45, 7) is 8.26. The Labute approximate surface area is 184 Å². The Balaban J connectivity index is 1.52. The van der Waals surface area contributed by atoms with Crippen molar-refractivity contribution in [3.63, 3.8) is 0 Å². The number of nitrogens with one attached hydrogen (secondary N) is 1. The zero-order chi connectivity index (χ0) is 22.6. The molecule has 2 aromatic rings. The van der Waals surface area contributed by atoms with Gasteiger partial charge in [-0.05, 0) is 50.1 Å². The summed E-state index contributed by atoms with van der Waals surface area (Å²) in [6, 6.07) is 13.2. The molecule has 0 spiro atoms. The van der Waals surface area contributed by atoms with E-state index in [9.17, 15) is 18.0 Å². The second kappa shape index (κ2) is 9.51. The van der Waals surface area contributed by atoms with Gasteiger partial charge < -0.3 is 15.1 Å². The van der Waals surface area contributed by atoms with Crippen molar-refractivity contribution in [1.29, 1.82) is 0 Å². The summed E-state index contributed by atoms with van der Waals surface area (Å²) in [5.74, 6) is -2.47. The monoisotopic (exact) mass is 443 g/mol. The first-order valence-electron chi connectivity index (χ1n) is 10.3. The minimum Gasteiger partial charge on any atom is -0.368 e. The van der Waals surface area contributed by atoms with E-state index in [1.54, 1.807) is 17.0 Å². The first-order valence-corrected chi connectivity index (χ1v) is 12.1. The molecule has 0 unspecified atom stereocenters. The third-order valence-corrected chi connectivity index (χ3v) is 6.97. The van der Waals surface area contributed by atoms with E-state index in [-0.39, 0.29) is 0 Å². The Morgan fingerprint density at radius 1 is 0.903 bits per heavy atom. The fourth-order valence-electron chi connectivity index (χ4n) is 3.64. The number of anilines is 2. The Bertz CT molecular complexity index is 1060. The van der Waals surface area contributed by atoms with Gasteiger partial charge in [-0.15, -0.1) is 0 Å². The highest BCUT2D eigenvalue weighted by molar-refractivity contribution is 7.92. The maximum atomic E-state index is 12.6. The zero-order valence-corrected chi connectivity index (χ0v) is 19.0. The number of sulfone groups is 1. The van der Waals surface area contributed by atoms with E-state index in [0.29, 0.717) is 31.9 Å². The highest BCUT2D eigenvalue weighted by atomic mass is 32.2. The molecule has 1 fully saturated rings. The van der Waals surface area contributed by atoms with Crippen molar-refractivity contribution < 1.29 is 18.0 Å². The quantitative estimate of drug-likeness (QED) is 0.740. The molecule has 8 heteroatoms. The van der Waals surface area contributed by atoms with Crippen molar-refractivity contribution >= 4 is 33.0 Å². The van der Waals surface area contributed by atoms with Crippen LogP contribution in [0.4, 0.5) is 11.4 Å². The molecular formula is C23H29N3O4S. The molecule has 166 valence electrons. The Morgan fingerprint density at radius 3 is 2.19 bits per heavy atom. The normalized spacial score (nSPS) is 14.4. The molecular weight excluding hydrogens is 414 g/mol. The van der Waals surface area contributed by atoms with Crippen LogP contribution in [0.5, 0.6) is 0 Å². The Kier molecular flexibility index (Phi) is 7.00. The van der Waals surface area contributed by atoms with Crippen molar-refractivity contribution in [3.05, 3.63) is 59.2 Å².